The minimum atomic E-state index is -0.736. The molecule has 176 valence electrons. The highest BCUT2D eigenvalue weighted by molar-refractivity contribution is 5.92. The minimum absolute atomic E-state index is 0.0986. The van der Waals surface area contributed by atoms with Crippen molar-refractivity contribution in [3.8, 4) is 0 Å². The maximum atomic E-state index is 14.2. The first-order valence-corrected chi connectivity index (χ1v) is 12.7. The number of para-hydroxylation sites is 2. The van der Waals surface area contributed by atoms with Crippen LogP contribution in [-0.4, -0.2) is 5.91 Å². The molecule has 1 heterocycles. The summed E-state index contributed by atoms with van der Waals surface area (Å²) in [6.07, 6.45) is 4.47. The number of rotatable bonds is 6. The molecule has 1 fully saturated rings. The van der Waals surface area contributed by atoms with Gasteiger partial charge in [-0.15, -0.1) is 0 Å². The molecule has 6 rings (SSSR count). The second-order valence-corrected chi connectivity index (χ2v) is 9.86. The predicted molar refractivity (Wildman–Crippen MR) is 143 cm³/mol. The normalized spacial score (nSPS) is 17.4. The highest BCUT2D eigenvalue weighted by atomic mass is 16.2. The van der Waals surface area contributed by atoms with Gasteiger partial charge in [-0.3, -0.25) is 4.79 Å². The van der Waals surface area contributed by atoms with Crippen LogP contribution in [-0.2, 0) is 17.0 Å². The van der Waals surface area contributed by atoms with Gasteiger partial charge >= 0.3 is 0 Å². The molecule has 1 amide bonds. The van der Waals surface area contributed by atoms with Gasteiger partial charge in [-0.1, -0.05) is 97.8 Å². The third-order valence-corrected chi connectivity index (χ3v) is 7.73. The van der Waals surface area contributed by atoms with Gasteiger partial charge in [0.2, 0.25) is 5.91 Å². The summed E-state index contributed by atoms with van der Waals surface area (Å²) in [6, 6.07) is 33.4. The molecule has 1 aliphatic carbocycles. The standard InChI is InChI=1S/C31H31N3O/c35-30(32-21-22-11-2-1-3-12-22)29(24-14-4-5-15-24)31(33-27-19-8-9-20-28(27)34-31)26-18-10-16-23-13-6-7-17-25(23)26/h1-3,6-13,16-20,24,29,33-34H,4-5,14-15,21H2,(H,32,35). The Morgan fingerprint density at radius 2 is 1.43 bits per heavy atom. The fourth-order valence-electron chi connectivity index (χ4n) is 6.13. The number of hydrogen-bond donors (Lipinski definition) is 3. The van der Waals surface area contributed by atoms with Gasteiger partial charge in [0, 0.05) is 12.1 Å². The molecule has 0 saturated heterocycles. The average molecular weight is 462 g/mol. The molecular formula is C31H31N3O. The minimum Gasteiger partial charge on any atom is -0.357 e. The van der Waals surface area contributed by atoms with E-state index >= 15 is 0 Å². The highest BCUT2D eigenvalue weighted by Crippen LogP contribution is 2.50. The number of carbonyl (C=O) groups excluding carboxylic acids is 1. The smallest absolute Gasteiger partial charge is 0.228 e. The number of benzene rings is 4. The summed E-state index contributed by atoms with van der Waals surface area (Å²) in [5, 5.41) is 13.3. The zero-order chi connectivity index (χ0) is 23.7. The van der Waals surface area contributed by atoms with Crippen LogP contribution in [0.1, 0.15) is 36.8 Å². The monoisotopic (exact) mass is 461 g/mol. The fraction of sp³-hybridized carbons (Fsp3) is 0.258. The van der Waals surface area contributed by atoms with E-state index in [0.29, 0.717) is 12.5 Å². The maximum Gasteiger partial charge on any atom is 0.228 e. The molecule has 1 aliphatic heterocycles. The molecule has 0 radical (unpaired) electrons. The third-order valence-electron chi connectivity index (χ3n) is 7.73. The van der Waals surface area contributed by atoms with Gasteiger partial charge < -0.3 is 16.0 Å². The molecule has 35 heavy (non-hydrogen) atoms. The quantitative estimate of drug-likeness (QED) is 0.301. The Kier molecular flexibility index (Phi) is 5.65. The Bertz CT molecular complexity index is 1310. The van der Waals surface area contributed by atoms with Crippen molar-refractivity contribution in [3.05, 3.63) is 108 Å². The summed E-state index contributed by atoms with van der Waals surface area (Å²) >= 11 is 0. The van der Waals surface area contributed by atoms with E-state index in [2.05, 4.69) is 82.7 Å². The van der Waals surface area contributed by atoms with E-state index in [0.717, 1.165) is 35.3 Å². The molecule has 4 aromatic carbocycles. The van der Waals surface area contributed by atoms with Gasteiger partial charge in [0.15, 0.2) is 0 Å². The Labute approximate surface area is 206 Å². The zero-order valence-electron chi connectivity index (χ0n) is 19.8. The van der Waals surface area contributed by atoms with Crippen LogP contribution in [0.4, 0.5) is 11.4 Å². The van der Waals surface area contributed by atoms with Crippen molar-refractivity contribution in [2.75, 3.05) is 10.6 Å². The second-order valence-electron chi connectivity index (χ2n) is 9.86. The lowest BCUT2D eigenvalue weighted by atomic mass is 9.74. The van der Waals surface area contributed by atoms with Gasteiger partial charge in [-0.05, 0) is 47.2 Å². The number of anilines is 2. The Balaban J connectivity index is 1.47. The average Bonchev–Trinajstić information content (AvgIpc) is 3.57. The van der Waals surface area contributed by atoms with Crippen molar-refractivity contribution in [2.24, 2.45) is 11.8 Å². The summed E-state index contributed by atoms with van der Waals surface area (Å²) in [6.45, 7) is 0.529. The van der Waals surface area contributed by atoms with E-state index in [4.69, 9.17) is 0 Å². The van der Waals surface area contributed by atoms with Crippen molar-refractivity contribution in [3.63, 3.8) is 0 Å². The molecule has 2 aliphatic rings. The van der Waals surface area contributed by atoms with Crippen molar-refractivity contribution >= 4 is 28.1 Å². The SMILES string of the molecule is O=C(NCc1ccccc1)C(C1CCCC1)C1(c2cccc3ccccc23)Nc2ccccc2N1. The highest BCUT2D eigenvalue weighted by Gasteiger charge is 2.52. The van der Waals surface area contributed by atoms with Crippen LogP contribution in [0.25, 0.3) is 10.8 Å². The van der Waals surface area contributed by atoms with Gasteiger partial charge in [0.05, 0.1) is 17.3 Å². The van der Waals surface area contributed by atoms with Crippen molar-refractivity contribution < 1.29 is 4.79 Å². The Morgan fingerprint density at radius 3 is 2.17 bits per heavy atom. The molecule has 1 atom stereocenters. The van der Waals surface area contributed by atoms with Crippen molar-refractivity contribution in [1.82, 2.24) is 5.32 Å². The molecule has 1 unspecified atom stereocenters. The number of amides is 1. The topological polar surface area (TPSA) is 53.2 Å². The summed E-state index contributed by atoms with van der Waals surface area (Å²) in [5.74, 6) is 0.118. The fourth-order valence-corrected chi connectivity index (χ4v) is 6.13. The Hall–Kier alpha value is -3.79. The number of hydrogen-bond acceptors (Lipinski definition) is 3. The van der Waals surface area contributed by atoms with Gasteiger partial charge in [-0.25, -0.2) is 0 Å². The maximum absolute atomic E-state index is 14.2. The summed E-state index contributed by atoms with van der Waals surface area (Å²) in [7, 11) is 0. The van der Waals surface area contributed by atoms with E-state index < -0.39 is 5.66 Å². The van der Waals surface area contributed by atoms with Gasteiger partial charge in [-0.2, -0.15) is 0 Å². The lowest BCUT2D eigenvalue weighted by Gasteiger charge is -2.42. The molecule has 4 aromatic rings. The van der Waals surface area contributed by atoms with Crippen LogP contribution >= 0.6 is 0 Å². The number of fused-ring (bicyclic) bond motifs is 2. The van der Waals surface area contributed by atoms with Gasteiger partial charge in [0.1, 0.15) is 5.66 Å². The number of nitrogens with one attached hydrogen (secondary N) is 3. The van der Waals surface area contributed by atoms with E-state index in [-0.39, 0.29) is 11.8 Å². The van der Waals surface area contributed by atoms with Crippen molar-refractivity contribution in [2.45, 2.75) is 37.9 Å². The molecule has 4 nitrogen and oxygen atoms in total. The molecule has 0 aromatic heterocycles. The number of carbonyl (C=O) groups is 1. The third kappa shape index (κ3) is 3.93. The lowest BCUT2D eigenvalue weighted by Crippen LogP contribution is -2.54. The summed E-state index contributed by atoms with van der Waals surface area (Å²) in [4.78, 5) is 14.2. The van der Waals surface area contributed by atoms with Crippen LogP contribution in [0.3, 0.4) is 0 Å². The van der Waals surface area contributed by atoms with Crippen LogP contribution < -0.4 is 16.0 Å². The first-order valence-electron chi connectivity index (χ1n) is 12.7. The first-order chi connectivity index (χ1) is 17.2. The molecule has 0 bridgehead atoms. The van der Waals surface area contributed by atoms with E-state index in [9.17, 15) is 4.79 Å². The van der Waals surface area contributed by atoms with E-state index in [1.165, 1.54) is 23.6 Å². The molecule has 0 spiro atoms. The van der Waals surface area contributed by atoms with Crippen LogP contribution in [0, 0.1) is 11.8 Å². The lowest BCUT2D eigenvalue weighted by molar-refractivity contribution is -0.128. The second kappa shape index (κ2) is 9.10. The predicted octanol–water partition coefficient (Wildman–Crippen LogP) is 6.65. The van der Waals surface area contributed by atoms with Gasteiger partial charge in [0.25, 0.3) is 0 Å². The first kappa shape index (κ1) is 21.7. The zero-order valence-corrected chi connectivity index (χ0v) is 19.8. The Morgan fingerprint density at radius 1 is 0.800 bits per heavy atom. The molecule has 4 heteroatoms. The summed E-state index contributed by atoms with van der Waals surface area (Å²) in [5.41, 5.74) is 3.58. The van der Waals surface area contributed by atoms with E-state index in [1.807, 2.05) is 30.3 Å². The van der Waals surface area contributed by atoms with Crippen LogP contribution in [0.15, 0.2) is 97.1 Å². The molecule has 1 saturated carbocycles. The van der Waals surface area contributed by atoms with Crippen LogP contribution in [0.2, 0.25) is 0 Å². The van der Waals surface area contributed by atoms with E-state index in [1.54, 1.807) is 0 Å². The van der Waals surface area contributed by atoms with Crippen molar-refractivity contribution in [1.29, 1.82) is 0 Å². The molecule has 3 N–H and O–H groups in total. The molecular weight excluding hydrogens is 430 g/mol. The van der Waals surface area contributed by atoms with Crippen LogP contribution in [0.5, 0.6) is 0 Å². The summed E-state index contributed by atoms with van der Waals surface area (Å²) < 4.78 is 0. The largest absolute Gasteiger partial charge is 0.357 e.